The topological polar surface area (TPSA) is 37.3 Å². The van der Waals surface area contributed by atoms with Crippen LogP contribution in [0.5, 0.6) is 0 Å². The van der Waals surface area contributed by atoms with Crippen LogP contribution in [-0.2, 0) is 23.6 Å². The molecule has 1 aromatic carbocycles. The van der Waals surface area contributed by atoms with Gasteiger partial charge in [-0.25, -0.2) is 8.78 Å². The number of hydrogen-bond acceptors (Lipinski definition) is 1. The fourth-order valence-electron chi connectivity index (χ4n) is 2.73. The number of fused-ring (bicyclic) bond motifs is 1. The van der Waals surface area contributed by atoms with Gasteiger partial charge in [0.15, 0.2) is 0 Å². The molecule has 19 heavy (non-hydrogen) atoms. The molecule has 1 unspecified atom stereocenters. The van der Waals surface area contributed by atoms with Crippen LogP contribution in [0.15, 0.2) is 18.2 Å². The van der Waals surface area contributed by atoms with E-state index in [2.05, 4.69) is 0 Å². The Balaban J connectivity index is 2.12. The lowest BCUT2D eigenvalue weighted by atomic mass is 9.93. The Kier molecular flexibility index (Phi) is 3.88. The van der Waals surface area contributed by atoms with Crippen molar-refractivity contribution in [3.63, 3.8) is 0 Å². The van der Waals surface area contributed by atoms with Crippen molar-refractivity contribution in [1.29, 1.82) is 0 Å². The van der Waals surface area contributed by atoms with Crippen LogP contribution in [0, 0.1) is 5.92 Å². The Morgan fingerprint density at radius 3 is 2.74 bits per heavy atom. The van der Waals surface area contributed by atoms with Crippen LogP contribution in [0.2, 0.25) is 0 Å². The zero-order valence-corrected chi connectivity index (χ0v) is 11.0. The Bertz CT molecular complexity index is 483. The Labute approximate surface area is 111 Å². The fourth-order valence-corrected chi connectivity index (χ4v) is 2.73. The molecular weight excluding hydrogens is 250 g/mol. The van der Waals surface area contributed by atoms with Gasteiger partial charge in [-0.2, -0.15) is 0 Å². The van der Waals surface area contributed by atoms with E-state index in [1.165, 1.54) is 6.07 Å². The summed E-state index contributed by atoms with van der Waals surface area (Å²) in [6.07, 6.45) is 2.22. The van der Waals surface area contributed by atoms with E-state index in [-0.39, 0.29) is 12.0 Å². The maximum Gasteiger partial charge on any atom is 0.303 e. The molecule has 0 saturated carbocycles. The van der Waals surface area contributed by atoms with Crippen molar-refractivity contribution in [1.82, 2.24) is 0 Å². The number of hydrogen-bond donors (Lipinski definition) is 1. The molecule has 1 aliphatic rings. The zero-order chi connectivity index (χ0) is 14.0. The molecule has 0 radical (unpaired) electrons. The van der Waals surface area contributed by atoms with E-state index in [1.807, 2.05) is 0 Å². The minimum Gasteiger partial charge on any atom is -0.481 e. The van der Waals surface area contributed by atoms with Gasteiger partial charge >= 0.3 is 5.97 Å². The second-order valence-electron chi connectivity index (χ2n) is 5.45. The van der Waals surface area contributed by atoms with E-state index in [4.69, 9.17) is 5.11 Å². The lowest BCUT2D eigenvalue weighted by Gasteiger charge is -2.21. The molecule has 0 heterocycles. The smallest absolute Gasteiger partial charge is 0.303 e. The maximum atomic E-state index is 14.1. The van der Waals surface area contributed by atoms with Crippen LogP contribution in [0.1, 0.15) is 42.9 Å². The van der Waals surface area contributed by atoms with Gasteiger partial charge in [-0.15, -0.1) is 0 Å². The van der Waals surface area contributed by atoms with Crippen molar-refractivity contribution >= 4 is 5.97 Å². The second-order valence-corrected chi connectivity index (χ2v) is 5.45. The highest BCUT2D eigenvalue weighted by atomic mass is 19.3. The summed E-state index contributed by atoms with van der Waals surface area (Å²) in [4.78, 5) is 10.5. The Morgan fingerprint density at radius 1 is 1.37 bits per heavy atom. The molecule has 0 saturated heterocycles. The van der Waals surface area contributed by atoms with Crippen LogP contribution in [0.3, 0.4) is 0 Å². The molecule has 4 heteroatoms. The molecule has 1 atom stereocenters. The van der Waals surface area contributed by atoms with Gasteiger partial charge in [0.05, 0.1) is 0 Å². The molecule has 2 rings (SSSR count). The van der Waals surface area contributed by atoms with Gasteiger partial charge in [-0.3, -0.25) is 4.79 Å². The number of carbonyl (C=O) groups is 1. The third-order valence-electron chi connectivity index (χ3n) is 3.65. The molecule has 0 aromatic heterocycles. The standard InChI is InChI=1S/C15H18F2O2/c1-10(7-14(18)19)9-15(16,17)13-6-5-11-3-2-4-12(11)8-13/h5-6,8,10H,2-4,7,9H2,1H3,(H,18,19). The van der Waals surface area contributed by atoms with Crippen molar-refractivity contribution < 1.29 is 18.7 Å². The molecule has 1 N–H and O–H groups in total. The monoisotopic (exact) mass is 268 g/mol. The van der Waals surface area contributed by atoms with Crippen LogP contribution in [0.25, 0.3) is 0 Å². The summed E-state index contributed by atoms with van der Waals surface area (Å²) in [7, 11) is 0. The molecule has 0 aliphatic heterocycles. The minimum absolute atomic E-state index is 0.0189. The van der Waals surface area contributed by atoms with E-state index < -0.39 is 24.2 Å². The second kappa shape index (κ2) is 5.27. The number of carboxylic acids is 1. The van der Waals surface area contributed by atoms with Crippen molar-refractivity contribution in [3.8, 4) is 0 Å². The van der Waals surface area contributed by atoms with E-state index in [0.29, 0.717) is 0 Å². The van der Waals surface area contributed by atoms with Crippen molar-refractivity contribution in [2.45, 2.75) is 45.0 Å². The van der Waals surface area contributed by atoms with Gasteiger partial charge in [-0.05, 0) is 42.4 Å². The van der Waals surface area contributed by atoms with Gasteiger partial charge in [0.2, 0.25) is 0 Å². The predicted molar refractivity (Wildman–Crippen MR) is 68.4 cm³/mol. The quantitative estimate of drug-likeness (QED) is 0.882. The number of aliphatic carboxylic acids is 1. The lowest BCUT2D eigenvalue weighted by Crippen LogP contribution is -2.19. The van der Waals surface area contributed by atoms with Crippen molar-refractivity contribution in [2.75, 3.05) is 0 Å². The average molecular weight is 268 g/mol. The Morgan fingerprint density at radius 2 is 2.05 bits per heavy atom. The third-order valence-corrected chi connectivity index (χ3v) is 3.65. The molecule has 1 aliphatic carbocycles. The summed E-state index contributed by atoms with van der Waals surface area (Å²) >= 11 is 0. The Hall–Kier alpha value is -1.45. The summed E-state index contributed by atoms with van der Waals surface area (Å²) in [6, 6.07) is 4.86. The van der Waals surface area contributed by atoms with Crippen LogP contribution < -0.4 is 0 Å². The highest BCUT2D eigenvalue weighted by Crippen LogP contribution is 2.37. The number of alkyl halides is 2. The normalized spacial score (nSPS) is 16.2. The first-order valence-corrected chi connectivity index (χ1v) is 6.60. The number of carboxylic acid groups (broad SMARTS) is 1. The van der Waals surface area contributed by atoms with Gasteiger partial charge in [0.25, 0.3) is 5.92 Å². The first kappa shape index (κ1) is 14.0. The highest BCUT2D eigenvalue weighted by molar-refractivity contribution is 5.66. The maximum absolute atomic E-state index is 14.1. The molecular formula is C15H18F2O2. The fraction of sp³-hybridized carbons (Fsp3) is 0.533. The summed E-state index contributed by atoms with van der Waals surface area (Å²) in [5.41, 5.74) is 2.20. The predicted octanol–water partition coefficient (Wildman–Crippen LogP) is 3.77. The number of halogens is 2. The highest BCUT2D eigenvalue weighted by Gasteiger charge is 2.34. The molecule has 0 spiro atoms. The van der Waals surface area contributed by atoms with Gasteiger partial charge in [0.1, 0.15) is 0 Å². The first-order chi connectivity index (χ1) is 8.88. The summed E-state index contributed by atoms with van der Waals surface area (Å²) in [5, 5.41) is 8.63. The van der Waals surface area contributed by atoms with Crippen molar-refractivity contribution in [2.24, 2.45) is 5.92 Å². The van der Waals surface area contributed by atoms with E-state index in [9.17, 15) is 13.6 Å². The molecule has 1 aromatic rings. The molecule has 2 nitrogen and oxygen atoms in total. The number of benzene rings is 1. The number of rotatable bonds is 5. The minimum atomic E-state index is -2.95. The van der Waals surface area contributed by atoms with E-state index >= 15 is 0 Å². The van der Waals surface area contributed by atoms with Gasteiger partial charge in [0, 0.05) is 18.4 Å². The molecule has 104 valence electrons. The van der Waals surface area contributed by atoms with E-state index in [0.717, 1.165) is 30.4 Å². The SMILES string of the molecule is CC(CC(=O)O)CC(F)(F)c1ccc2c(c1)CCC2. The first-order valence-electron chi connectivity index (χ1n) is 6.60. The number of aryl methyl sites for hydroxylation is 2. The van der Waals surface area contributed by atoms with Gasteiger partial charge in [-0.1, -0.05) is 19.1 Å². The van der Waals surface area contributed by atoms with Crippen molar-refractivity contribution in [3.05, 3.63) is 34.9 Å². The van der Waals surface area contributed by atoms with E-state index in [1.54, 1.807) is 19.1 Å². The third kappa shape index (κ3) is 3.31. The summed E-state index contributed by atoms with van der Waals surface area (Å²) < 4.78 is 28.3. The van der Waals surface area contributed by atoms with Crippen LogP contribution >= 0.6 is 0 Å². The average Bonchev–Trinajstić information content (AvgIpc) is 2.73. The molecule has 0 bridgehead atoms. The van der Waals surface area contributed by atoms with Gasteiger partial charge < -0.3 is 5.11 Å². The van der Waals surface area contributed by atoms with Crippen LogP contribution in [-0.4, -0.2) is 11.1 Å². The summed E-state index contributed by atoms with van der Waals surface area (Å²) in [6.45, 7) is 1.55. The molecule has 0 amide bonds. The largest absolute Gasteiger partial charge is 0.481 e. The lowest BCUT2D eigenvalue weighted by molar-refractivity contribution is -0.138. The molecule has 0 fully saturated rings. The zero-order valence-electron chi connectivity index (χ0n) is 11.0. The van der Waals surface area contributed by atoms with Crippen LogP contribution in [0.4, 0.5) is 8.78 Å². The summed E-state index contributed by atoms with van der Waals surface area (Å²) in [5.74, 6) is -4.52.